The summed E-state index contributed by atoms with van der Waals surface area (Å²) in [5, 5.41) is 0. The van der Waals surface area contributed by atoms with E-state index in [1.807, 2.05) is 18.2 Å². The van der Waals surface area contributed by atoms with Crippen molar-refractivity contribution in [2.45, 2.75) is 5.54 Å². The Morgan fingerprint density at radius 1 is 1.24 bits per heavy atom. The van der Waals surface area contributed by atoms with Crippen LogP contribution in [-0.2, 0) is 4.74 Å². The third-order valence-electron chi connectivity index (χ3n) is 3.52. The largest absolute Gasteiger partial charge is 0.488 e. The number of hydrogen-bond donors (Lipinski definition) is 0. The molecule has 0 saturated carbocycles. The van der Waals surface area contributed by atoms with Gasteiger partial charge in [0.05, 0.1) is 18.2 Å². The molecule has 84 valence electrons. The summed E-state index contributed by atoms with van der Waals surface area (Å²) in [4.78, 5) is 2.25. The molecule has 3 heteroatoms. The van der Waals surface area contributed by atoms with Crippen LogP contribution in [0.1, 0.15) is 0 Å². The lowest BCUT2D eigenvalue weighted by Gasteiger charge is -2.42. The molecule has 3 aliphatic heterocycles. The molecule has 3 aliphatic rings. The van der Waals surface area contributed by atoms with Gasteiger partial charge in [-0.2, -0.15) is 0 Å². The molecule has 0 aromatic heterocycles. The lowest BCUT2D eigenvalue weighted by atomic mass is 9.89. The molecule has 0 radical (unpaired) electrons. The Balaban J connectivity index is 1.92. The van der Waals surface area contributed by atoms with Crippen LogP contribution in [0.15, 0.2) is 60.7 Å². The minimum Gasteiger partial charge on any atom is -0.488 e. The molecule has 4 rings (SSSR count). The van der Waals surface area contributed by atoms with Gasteiger partial charge in [-0.05, 0) is 24.3 Å². The van der Waals surface area contributed by atoms with Gasteiger partial charge in [0.25, 0.3) is 0 Å². The van der Waals surface area contributed by atoms with Crippen LogP contribution >= 0.6 is 0 Å². The minimum absolute atomic E-state index is 0.216. The lowest BCUT2D eigenvalue weighted by Crippen LogP contribution is -2.50. The number of ether oxygens (including phenoxy) is 2. The number of para-hydroxylation sites is 2. The lowest BCUT2D eigenvalue weighted by molar-refractivity contribution is 0.242. The molecular weight excluding hydrogens is 214 g/mol. The van der Waals surface area contributed by atoms with Crippen molar-refractivity contribution in [1.82, 2.24) is 0 Å². The molecule has 1 unspecified atom stereocenters. The number of nitrogens with zero attached hydrogens (tertiary/aromatic N) is 1. The van der Waals surface area contributed by atoms with Crippen molar-refractivity contribution in [1.29, 1.82) is 0 Å². The van der Waals surface area contributed by atoms with Gasteiger partial charge in [-0.1, -0.05) is 12.1 Å². The van der Waals surface area contributed by atoms with Gasteiger partial charge in [0.15, 0.2) is 0 Å². The zero-order chi connectivity index (χ0) is 11.3. The van der Waals surface area contributed by atoms with E-state index in [0.29, 0.717) is 6.61 Å². The fourth-order valence-corrected chi connectivity index (χ4v) is 2.62. The van der Waals surface area contributed by atoms with Crippen molar-refractivity contribution < 1.29 is 9.47 Å². The Kier molecular flexibility index (Phi) is 1.55. The van der Waals surface area contributed by atoms with Crippen molar-refractivity contribution >= 4 is 5.69 Å². The van der Waals surface area contributed by atoms with Crippen LogP contribution in [0.25, 0.3) is 0 Å². The van der Waals surface area contributed by atoms with Crippen LogP contribution in [0.3, 0.4) is 0 Å². The molecule has 17 heavy (non-hydrogen) atoms. The Hall–Kier alpha value is -2.16. The van der Waals surface area contributed by atoms with E-state index < -0.39 is 0 Å². The minimum atomic E-state index is -0.216. The summed E-state index contributed by atoms with van der Waals surface area (Å²) in [7, 11) is 0. The average Bonchev–Trinajstić information content (AvgIpc) is 2.78. The Morgan fingerprint density at radius 2 is 2.18 bits per heavy atom. The second-order valence-electron chi connectivity index (χ2n) is 4.38. The van der Waals surface area contributed by atoms with Crippen LogP contribution in [-0.4, -0.2) is 12.1 Å². The van der Waals surface area contributed by atoms with Crippen molar-refractivity contribution in [2.24, 2.45) is 0 Å². The summed E-state index contributed by atoms with van der Waals surface area (Å²) >= 11 is 0. The van der Waals surface area contributed by atoms with E-state index in [0.717, 1.165) is 17.0 Å². The molecule has 0 fully saturated rings. The van der Waals surface area contributed by atoms with Crippen LogP contribution in [0.5, 0.6) is 5.75 Å². The number of hydrogen-bond acceptors (Lipinski definition) is 3. The number of fused-ring (bicyclic) bond motifs is 2. The van der Waals surface area contributed by atoms with E-state index in [2.05, 4.69) is 29.3 Å². The van der Waals surface area contributed by atoms with Crippen molar-refractivity contribution in [3.8, 4) is 5.75 Å². The maximum absolute atomic E-state index is 5.87. The van der Waals surface area contributed by atoms with Gasteiger partial charge in [0.1, 0.15) is 17.9 Å². The summed E-state index contributed by atoms with van der Waals surface area (Å²) in [5.74, 6) is 0.934. The van der Waals surface area contributed by atoms with Crippen LogP contribution in [0.4, 0.5) is 5.69 Å². The van der Waals surface area contributed by atoms with Crippen LogP contribution in [0.2, 0.25) is 0 Å². The zero-order valence-electron chi connectivity index (χ0n) is 9.17. The monoisotopic (exact) mass is 225 g/mol. The molecule has 3 heterocycles. The summed E-state index contributed by atoms with van der Waals surface area (Å²) in [6, 6.07) is 8.10. The highest BCUT2D eigenvalue weighted by molar-refractivity contribution is 5.71. The number of anilines is 1. The highest BCUT2D eigenvalue weighted by Crippen LogP contribution is 2.46. The van der Waals surface area contributed by atoms with E-state index in [9.17, 15) is 0 Å². The summed E-state index contributed by atoms with van der Waals surface area (Å²) in [5.41, 5.74) is 2.02. The second kappa shape index (κ2) is 2.94. The van der Waals surface area contributed by atoms with Crippen molar-refractivity contribution in [3.63, 3.8) is 0 Å². The first-order chi connectivity index (χ1) is 8.40. The Morgan fingerprint density at radius 3 is 3.18 bits per heavy atom. The highest BCUT2D eigenvalue weighted by Gasteiger charge is 2.46. The van der Waals surface area contributed by atoms with Crippen molar-refractivity contribution in [2.75, 3.05) is 11.5 Å². The molecule has 0 amide bonds. The zero-order valence-corrected chi connectivity index (χ0v) is 9.17. The molecule has 3 nitrogen and oxygen atoms in total. The third kappa shape index (κ3) is 1.01. The fraction of sp³-hybridized carbons (Fsp3) is 0.143. The number of rotatable bonds is 0. The number of benzene rings is 1. The Labute approximate surface area is 99.3 Å². The third-order valence-corrected chi connectivity index (χ3v) is 3.52. The highest BCUT2D eigenvalue weighted by atomic mass is 16.5. The van der Waals surface area contributed by atoms with Gasteiger partial charge >= 0.3 is 0 Å². The molecule has 1 spiro atoms. The van der Waals surface area contributed by atoms with E-state index in [4.69, 9.17) is 9.47 Å². The summed E-state index contributed by atoms with van der Waals surface area (Å²) < 4.78 is 11.1. The summed E-state index contributed by atoms with van der Waals surface area (Å²) in [6.07, 6.45) is 9.73. The van der Waals surface area contributed by atoms with Crippen LogP contribution < -0.4 is 9.64 Å². The SMILES string of the molecule is C1=CC23COc4ccccc4N2C=CC3=CO1. The van der Waals surface area contributed by atoms with Gasteiger partial charge in [-0.25, -0.2) is 0 Å². The van der Waals surface area contributed by atoms with E-state index in [1.165, 1.54) is 0 Å². The second-order valence-corrected chi connectivity index (χ2v) is 4.38. The van der Waals surface area contributed by atoms with E-state index in [-0.39, 0.29) is 5.54 Å². The maximum atomic E-state index is 5.87. The van der Waals surface area contributed by atoms with Gasteiger partial charge in [-0.15, -0.1) is 0 Å². The average molecular weight is 225 g/mol. The quantitative estimate of drug-likeness (QED) is 0.677. The first-order valence-electron chi connectivity index (χ1n) is 5.63. The first-order valence-corrected chi connectivity index (χ1v) is 5.63. The predicted octanol–water partition coefficient (Wildman–Crippen LogP) is 2.58. The topological polar surface area (TPSA) is 21.7 Å². The van der Waals surface area contributed by atoms with Crippen molar-refractivity contribution in [3.05, 3.63) is 60.7 Å². The van der Waals surface area contributed by atoms with Crippen LogP contribution in [0, 0.1) is 0 Å². The molecular formula is C14H11NO2. The van der Waals surface area contributed by atoms with Gasteiger partial charge in [0.2, 0.25) is 0 Å². The molecule has 1 aromatic rings. The normalized spacial score (nSPS) is 27.5. The predicted molar refractivity (Wildman–Crippen MR) is 64.6 cm³/mol. The standard InChI is InChI=1S/C14H11NO2/c1-2-4-13-12(3-1)15-7-5-11-9-16-8-6-14(11,15)10-17-13/h1-9H,10H2. The van der Waals surface area contributed by atoms with Gasteiger partial charge < -0.3 is 14.4 Å². The molecule has 0 aliphatic carbocycles. The fourth-order valence-electron chi connectivity index (χ4n) is 2.62. The van der Waals surface area contributed by atoms with Gasteiger partial charge in [0, 0.05) is 11.8 Å². The molecule has 0 N–H and O–H groups in total. The summed E-state index contributed by atoms with van der Waals surface area (Å²) in [6.45, 7) is 0.614. The first kappa shape index (κ1) is 8.93. The van der Waals surface area contributed by atoms with E-state index >= 15 is 0 Å². The molecule has 1 atom stereocenters. The smallest absolute Gasteiger partial charge is 0.143 e. The van der Waals surface area contributed by atoms with Gasteiger partial charge in [-0.3, -0.25) is 0 Å². The molecule has 1 aromatic carbocycles. The van der Waals surface area contributed by atoms with E-state index in [1.54, 1.807) is 12.5 Å². The Bertz CT molecular complexity index is 573. The molecule has 0 bridgehead atoms. The maximum Gasteiger partial charge on any atom is 0.143 e. The molecule has 0 saturated heterocycles.